The second-order valence-electron chi connectivity index (χ2n) is 3.51. The van der Waals surface area contributed by atoms with E-state index in [9.17, 15) is 0 Å². The first kappa shape index (κ1) is 13.4. The van der Waals surface area contributed by atoms with E-state index >= 15 is 0 Å². The molecule has 0 aliphatic carbocycles. The molecule has 0 fully saturated rings. The van der Waals surface area contributed by atoms with Gasteiger partial charge in [-0.2, -0.15) is 18.2 Å². The molecule has 79 valence electrons. The number of rotatable bonds is 3. The SMILES string of the molecule is Cc1ccc(COc2cc[c-]cc2)cc1.[Y]. The molecule has 0 N–H and O–H groups in total. The standard InChI is InChI=1S/C14H13O.Y/c1-12-7-9-13(10-8-12)11-15-14-5-3-2-4-6-14;/h3-10H,11H2,1H3;/q-1;. The Morgan fingerprint density at radius 3 is 2.25 bits per heavy atom. The molecule has 16 heavy (non-hydrogen) atoms. The van der Waals surface area contributed by atoms with E-state index in [2.05, 4.69) is 37.3 Å². The normalized spacial score (nSPS) is 9.31. The molecule has 0 unspecified atom stereocenters. The minimum atomic E-state index is 0. The summed E-state index contributed by atoms with van der Waals surface area (Å²) in [5.74, 6) is 0.884. The van der Waals surface area contributed by atoms with Crippen molar-refractivity contribution in [2.75, 3.05) is 0 Å². The Hall–Kier alpha value is -0.656. The number of benzene rings is 2. The molecular formula is C14H13OY-. The van der Waals surface area contributed by atoms with E-state index < -0.39 is 0 Å². The topological polar surface area (TPSA) is 9.23 Å². The van der Waals surface area contributed by atoms with Gasteiger partial charge >= 0.3 is 0 Å². The van der Waals surface area contributed by atoms with Gasteiger partial charge in [-0.3, -0.25) is 0 Å². The van der Waals surface area contributed by atoms with Crippen LogP contribution < -0.4 is 4.74 Å². The van der Waals surface area contributed by atoms with Crippen LogP contribution in [0.2, 0.25) is 0 Å². The molecular weight excluding hydrogens is 273 g/mol. The molecule has 0 amide bonds. The van der Waals surface area contributed by atoms with Gasteiger partial charge in [-0.1, -0.05) is 29.8 Å². The van der Waals surface area contributed by atoms with Crippen LogP contribution in [0.5, 0.6) is 5.75 Å². The molecule has 2 aromatic rings. The van der Waals surface area contributed by atoms with Gasteiger partial charge in [-0.25, -0.2) is 0 Å². The summed E-state index contributed by atoms with van der Waals surface area (Å²) >= 11 is 0. The monoisotopic (exact) mass is 286 g/mol. The second-order valence-corrected chi connectivity index (χ2v) is 3.51. The van der Waals surface area contributed by atoms with Crippen LogP contribution in [-0.2, 0) is 39.3 Å². The Balaban J connectivity index is 0.00000128. The number of ether oxygens (including phenoxy) is 1. The van der Waals surface area contributed by atoms with Crippen molar-refractivity contribution < 1.29 is 37.4 Å². The van der Waals surface area contributed by atoms with E-state index in [0.717, 1.165) is 5.75 Å². The van der Waals surface area contributed by atoms with Crippen molar-refractivity contribution in [3.05, 3.63) is 65.7 Å². The third kappa shape index (κ3) is 4.07. The first-order valence-electron chi connectivity index (χ1n) is 4.99. The fraction of sp³-hybridized carbons (Fsp3) is 0.143. The second kappa shape index (κ2) is 6.83. The Kier molecular flexibility index (Phi) is 5.72. The average molecular weight is 286 g/mol. The van der Waals surface area contributed by atoms with Crippen LogP contribution in [0, 0.1) is 13.0 Å². The fourth-order valence-electron chi connectivity index (χ4n) is 1.32. The van der Waals surface area contributed by atoms with Gasteiger partial charge in [0.25, 0.3) is 0 Å². The third-order valence-corrected chi connectivity index (χ3v) is 2.21. The zero-order valence-corrected chi connectivity index (χ0v) is 12.1. The maximum atomic E-state index is 5.61. The third-order valence-electron chi connectivity index (χ3n) is 2.21. The van der Waals surface area contributed by atoms with Crippen molar-refractivity contribution in [2.45, 2.75) is 13.5 Å². The average Bonchev–Trinajstić information content (AvgIpc) is 2.30. The van der Waals surface area contributed by atoms with Crippen molar-refractivity contribution in [1.82, 2.24) is 0 Å². The predicted molar refractivity (Wildman–Crippen MR) is 60.8 cm³/mol. The molecule has 0 spiro atoms. The molecule has 0 aromatic heterocycles. The van der Waals surface area contributed by atoms with Gasteiger partial charge in [0.15, 0.2) is 0 Å². The minimum absolute atomic E-state index is 0. The molecule has 2 rings (SSSR count). The van der Waals surface area contributed by atoms with Crippen LogP contribution in [0.3, 0.4) is 0 Å². The number of hydrogen-bond acceptors (Lipinski definition) is 1. The molecule has 2 aromatic carbocycles. The molecule has 0 heterocycles. The summed E-state index contributed by atoms with van der Waals surface area (Å²) in [5.41, 5.74) is 2.46. The van der Waals surface area contributed by atoms with E-state index in [-0.39, 0.29) is 32.7 Å². The summed E-state index contributed by atoms with van der Waals surface area (Å²) in [5, 5.41) is 0. The van der Waals surface area contributed by atoms with Crippen LogP contribution in [0.4, 0.5) is 0 Å². The maximum Gasteiger partial charge on any atom is 0.110 e. The van der Waals surface area contributed by atoms with Gasteiger partial charge in [0.05, 0.1) is 0 Å². The van der Waals surface area contributed by atoms with Crippen LogP contribution in [0.25, 0.3) is 0 Å². The smallest absolute Gasteiger partial charge is 0.110 e. The van der Waals surface area contributed by atoms with Crippen molar-refractivity contribution in [1.29, 1.82) is 0 Å². The van der Waals surface area contributed by atoms with Gasteiger partial charge < -0.3 is 4.74 Å². The van der Waals surface area contributed by atoms with E-state index in [1.54, 1.807) is 0 Å². The van der Waals surface area contributed by atoms with Gasteiger partial charge in [-0.05, 0) is 12.5 Å². The number of aryl methyl sites for hydroxylation is 1. The van der Waals surface area contributed by atoms with Crippen LogP contribution in [0.1, 0.15) is 11.1 Å². The van der Waals surface area contributed by atoms with Crippen molar-refractivity contribution >= 4 is 0 Å². The fourth-order valence-corrected chi connectivity index (χ4v) is 1.32. The Bertz CT molecular complexity index is 409. The van der Waals surface area contributed by atoms with Crippen molar-refractivity contribution in [3.8, 4) is 5.75 Å². The summed E-state index contributed by atoms with van der Waals surface area (Å²) < 4.78 is 5.61. The Morgan fingerprint density at radius 1 is 1.00 bits per heavy atom. The first-order chi connectivity index (χ1) is 7.34. The maximum absolute atomic E-state index is 5.61. The molecule has 0 saturated heterocycles. The van der Waals surface area contributed by atoms with Crippen LogP contribution in [0.15, 0.2) is 48.5 Å². The van der Waals surface area contributed by atoms with Gasteiger partial charge in [-0.15, -0.1) is 12.1 Å². The minimum Gasteiger partial charge on any atom is -0.514 e. The van der Waals surface area contributed by atoms with Gasteiger partial charge in [0.2, 0.25) is 0 Å². The number of hydrogen-bond donors (Lipinski definition) is 0. The van der Waals surface area contributed by atoms with Crippen molar-refractivity contribution in [2.24, 2.45) is 0 Å². The molecule has 0 aliphatic rings. The molecule has 0 bridgehead atoms. The van der Waals surface area contributed by atoms with Crippen molar-refractivity contribution in [3.63, 3.8) is 0 Å². The van der Waals surface area contributed by atoms with E-state index in [0.29, 0.717) is 6.61 Å². The zero-order valence-electron chi connectivity index (χ0n) is 9.31. The summed E-state index contributed by atoms with van der Waals surface area (Å²) in [6.07, 6.45) is 0. The first-order valence-corrected chi connectivity index (χ1v) is 4.99. The molecule has 1 radical (unpaired) electrons. The van der Waals surface area contributed by atoms with Crippen LogP contribution in [-0.4, -0.2) is 0 Å². The van der Waals surface area contributed by atoms with E-state index in [4.69, 9.17) is 4.74 Å². The molecule has 0 aliphatic heterocycles. The Labute approximate surface area is 122 Å². The molecule has 1 nitrogen and oxygen atoms in total. The molecule has 2 heteroatoms. The molecule has 0 saturated carbocycles. The quantitative estimate of drug-likeness (QED) is 0.786. The van der Waals surface area contributed by atoms with Gasteiger partial charge in [0, 0.05) is 38.5 Å². The summed E-state index contributed by atoms with van der Waals surface area (Å²) in [6.45, 7) is 2.70. The Morgan fingerprint density at radius 2 is 1.62 bits per heavy atom. The van der Waals surface area contributed by atoms with Gasteiger partial charge in [0.1, 0.15) is 6.61 Å². The van der Waals surface area contributed by atoms with E-state index in [1.807, 2.05) is 24.3 Å². The summed E-state index contributed by atoms with van der Waals surface area (Å²) in [6, 6.07) is 18.8. The van der Waals surface area contributed by atoms with E-state index in [1.165, 1.54) is 11.1 Å². The molecule has 0 atom stereocenters. The van der Waals surface area contributed by atoms with Crippen LogP contribution >= 0.6 is 0 Å². The summed E-state index contributed by atoms with van der Waals surface area (Å²) in [7, 11) is 0. The summed E-state index contributed by atoms with van der Waals surface area (Å²) in [4.78, 5) is 0. The zero-order chi connectivity index (χ0) is 10.5. The largest absolute Gasteiger partial charge is 0.514 e. The predicted octanol–water partition coefficient (Wildman–Crippen LogP) is 3.37.